The lowest BCUT2D eigenvalue weighted by Gasteiger charge is -2.14. The van der Waals surface area contributed by atoms with Crippen LogP contribution in [-0.4, -0.2) is 16.7 Å². The second-order valence-electron chi connectivity index (χ2n) is 5.10. The number of hydrogen-bond donors (Lipinski definition) is 1. The third kappa shape index (κ3) is 3.15. The predicted octanol–water partition coefficient (Wildman–Crippen LogP) is 1.78. The lowest BCUT2D eigenvalue weighted by molar-refractivity contribution is -0.398. The van der Waals surface area contributed by atoms with Crippen molar-refractivity contribution in [1.82, 2.24) is 5.43 Å². The summed E-state index contributed by atoms with van der Waals surface area (Å²) in [5, 5.41) is 23.7. The molecule has 1 N–H and O–H groups in total. The minimum atomic E-state index is -0.820. The Kier molecular flexibility index (Phi) is 4.12. The topological polar surface area (TPSA) is 116 Å². The van der Waals surface area contributed by atoms with Gasteiger partial charge in [-0.3, -0.25) is 25.1 Å². The van der Waals surface area contributed by atoms with Crippen molar-refractivity contribution >= 4 is 40.9 Å². The van der Waals surface area contributed by atoms with E-state index in [-0.39, 0.29) is 11.1 Å². The number of nitrogens with one attached hydrogen (secondary N) is 1. The molecule has 1 saturated heterocycles. The molecule has 126 valence electrons. The van der Waals surface area contributed by atoms with Crippen LogP contribution in [0.4, 0.5) is 11.4 Å². The summed E-state index contributed by atoms with van der Waals surface area (Å²) in [7, 11) is 0. The zero-order valence-corrected chi connectivity index (χ0v) is 13.2. The molecule has 0 unspecified atom stereocenters. The van der Waals surface area contributed by atoms with Crippen molar-refractivity contribution in [3.63, 3.8) is 0 Å². The summed E-state index contributed by atoms with van der Waals surface area (Å²) in [4.78, 5) is 34.5. The molecule has 3 rings (SSSR count). The van der Waals surface area contributed by atoms with Gasteiger partial charge in [0.15, 0.2) is 0 Å². The molecule has 0 saturated carbocycles. The molecule has 2 amide bonds. The predicted molar refractivity (Wildman–Crippen MR) is 87.6 cm³/mol. The first-order valence-corrected chi connectivity index (χ1v) is 7.33. The third-order valence-corrected chi connectivity index (χ3v) is 3.68. The average molecular weight is 359 g/mol. The number of rotatable bonds is 3. The smallest absolute Gasteiger partial charge is 0.282 e. The van der Waals surface area contributed by atoms with Gasteiger partial charge in [0.05, 0.1) is 10.6 Å². The van der Waals surface area contributed by atoms with Crippen LogP contribution in [0.25, 0.3) is 6.08 Å². The number of amides is 2. The van der Waals surface area contributed by atoms with Crippen LogP contribution in [-0.2, 0) is 9.59 Å². The Morgan fingerprint density at radius 2 is 1.92 bits per heavy atom. The first-order valence-electron chi connectivity index (χ1n) is 6.95. The second kappa shape index (κ2) is 6.25. The number of carbonyl (C=O) groups is 2. The van der Waals surface area contributed by atoms with Gasteiger partial charge in [0.25, 0.3) is 17.5 Å². The number of hydrazine groups is 1. The highest BCUT2D eigenvalue weighted by Crippen LogP contribution is 2.27. The number of anilines is 1. The van der Waals surface area contributed by atoms with Gasteiger partial charge in [0, 0.05) is 11.1 Å². The Labute approximate surface area is 146 Å². The van der Waals surface area contributed by atoms with Gasteiger partial charge in [-0.25, -0.2) is 5.01 Å². The Morgan fingerprint density at radius 1 is 1.16 bits per heavy atom. The molecule has 1 heterocycles. The van der Waals surface area contributed by atoms with Crippen molar-refractivity contribution in [1.29, 1.82) is 0 Å². The minimum Gasteiger partial charge on any atom is -0.868 e. The molecule has 0 atom stereocenters. The SMILES string of the molecule is O=C1NN(c2cccc(Cl)c2)C(=O)/C1=C\c1ccc([O-])c([N+](=O)[O-])c1. The largest absolute Gasteiger partial charge is 0.868 e. The molecule has 0 radical (unpaired) electrons. The first kappa shape index (κ1) is 16.5. The second-order valence-corrected chi connectivity index (χ2v) is 5.54. The Morgan fingerprint density at radius 3 is 2.60 bits per heavy atom. The van der Waals surface area contributed by atoms with Gasteiger partial charge in [0.2, 0.25) is 0 Å². The number of hydrogen-bond acceptors (Lipinski definition) is 5. The van der Waals surface area contributed by atoms with Gasteiger partial charge in [-0.1, -0.05) is 29.8 Å². The van der Waals surface area contributed by atoms with Gasteiger partial charge < -0.3 is 5.11 Å². The summed E-state index contributed by atoms with van der Waals surface area (Å²) < 4.78 is 0. The molecular weight excluding hydrogens is 350 g/mol. The molecule has 9 heteroatoms. The van der Waals surface area contributed by atoms with Crippen molar-refractivity contribution in [3.05, 3.63) is 68.7 Å². The number of nitrogens with zero attached hydrogens (tertiary/aromatic N) is 2. The number of halogens is 1. The summed E-state index contributed by atoms with van der Waals surface area (Å²) in [6.45, 7) is 0. The highest BCUT2D eigenvalue weighted by Gasteiger charge is 2.34. The van der Waals surface area contributed by atoms with E-state index in [4.69, 9.17) is 11.6 Å². The van der Waals surface area contributed by atoms with E-state index in [0.717, 1.165) is 17.1 Å². The van der Waals surface area contributed by atoms with Crippen molar-refractivity contribution in [2.24, 2.45) is 0 Å². The van der Waals surface area contributed by atoms with Crippen molar-refractivity contribution in [3.8, 4) is 5.75 Å². The summed E-state index contributed by atoms with van der Waals surface area (Å²) >= 11 is 5.88. The van der Waals surface area contributed by atoms with Gasteiger partial charge in [-0.05, 0) is 35.6 Å². The normalized spacial score (nSPS) is 15.6. The zero-order valence-electron chi connectivity index (χ0n) is 12.4. The fourth-order valence-electron chi connectivity index (χ4n) is 2.29. The zero-order chi connectivity index (χ0) is 18.1. The maximum atomic E-state index is 12.5. The minimum absolute atomic E-state index is 0.192. The molecular formula is C16H9ClN3O5-. The molecule has 1 aliphatic heterocycles. The van der Waals surface area contributed by atoms with E-state index in [1.807, 2.05) is 0 Å². The van der Waals surface area contributed by atoms with Gasteiger partial charge in [-0.2, -0.15) is 0 Å². The molecule has 25 heavy (non-hydrogen) atoms. The molecule has 0 aliphatic carbocycles. The molecule has 0 bridgehead atoms. The number of nitro benzene ring substituents is 1. The van der Waals surface area contributed by atoms with Crippen molar-refractivity contribution in [2.75, 3.05) is 5.01 Å². The lowest BCUT2D eigenvalue weighted by atomic mass is 10.1. The standard InChI is InChI=1S/C16H10ClN3O5/c17-10-2-1-3-11(8-10)19-16(23)12(15(22)18-19)6-9-4-5-14(21)13(7-9)20(24)25/h1-8,21H,(H,18,22)/p-1/b12-6-. The Balaban J connectivity index is 1.97. The molecule has 1 aliphatic rings. The van der Waals surface area contributed by atoms with E-state index in [9.17, 15) is 24.8 Å². The number of benzene rings is 2. The van der Waals surface area contributed by atoms with Crippen molar-refractivity contribution < 1.29 is 19.6 Å². The van der Waals surface area contributed by atoms with Crippen LogP contribution < -0.4 is 15.5 Å². The van der Waals surface area contributed by atoms with E-state index in [2.05, 4.69) is 5.43 Å². The van der Waals surface area contributed by atoms with E-state index in [1.54, 1.807) is 18.2 Å². The van der Waals surface area contributed by atoms with Gasteiger partial charge in [-0.15, -0.1) is 0 Å². The molecule has 2 aromatic carbocycles. The maximum Gasteiger partial charge on any atom is 0.282 e. The quantitative estimate of drug-likeness (QED) is 0.388. The highest BCUT2D eigenvalue weighted by molar-refractivity contribution is 6.33. The maximum absolute atomic E-state index is 12.5. The summed E-state index contributed by atoms with van der Waals surface area (Å²) in [5.41, 5.74) is 2.10. The van der Waals surface area contributed by atoms with Crippen LogP contribution in [0.3, 0.4) is 0 Å². The van der Waals surface area contributed by atoms with Crippen LogP contribution in [0.15, 0.2) is 48.0 Å². The van der Waals surface area contributed by atoms with Crippen LogP contribution in [0.1, 0.15) is 5.56 Å². The van der Waals surface area contributed by atoms with Crippen LogP contribution in [0, 0.1) is 10.1 Å². The molecule has 0 aromatic heterocycles. The number of nitro groups is 1. The van der Waals surface area contributed by atoms with E-state index in [1.165, 1.54) is 18.2 Å². The molecule has 2 aromatic rings. The van der Waals surface area contributed by atoms with Crippen LogP contribution in [0.5, 0.6) is 5.75 Å². The van der Waals surface area contributed by atoms with Gasteiger partial charge >= 0.3 is 0 Å². The Bertz CT molecular complexity index is 941. The fourth-order valence-corrected chi connectivity index (χ4v) is 2.47. The van der Waals surface area contributed by atoms with Crippen LogP contribution in [0.2, 0.25) is 5.02 Å². The Hall–Kier alpha value is -3.39. The van der Waals surface area contributed by atoms with E-state index < -0.39 is 28.2 Å². The van der Waals surface area contributed by atoms with Gasteiger partial charge in [0.1, 0.15) is 5.57 Å². The monoisotopic (exact) mass is 358 g/mol. The van der Waals surface area contributed by atoms with Crippen molar-refractivity contribution in [2.45, 2.75) is 0 Å². The molecule has 8 nitrogen and oxygen atoms in total. The van der Waals surface area contributed by atoms with Crippen LogP contribution >= 0.6 is 11.6 Å². The summed E-state index contributed by atoms with van der Waals surface area (Å²) in [6.07, 6.45) is 1.19. The highest BCUT2D eigenvalue weighted by atomic mass is 35.5. The lowest BCUT2D eigenvalue weighted by Crippen LogP contribution is -2.35. The third-order valence-electron chi connectivity index (χ3n) is 3.45. The average Bonchev–Trinajstić information content (AvgIpc) is 2.84. The molecule has 0 spiro atoms. The molecule has 1 fully saturated rings. The summed E-state index contributed by atoms with van der Waals surface area (Å²) in [5.74, 6) is -2.06. The van der Waals surface area contributed by atoms with E-state index in [0.29, 0.717) is 10.7 Å². The summed E-state index contributed by atoms with van der Waals surface area (Å²) in [6, 6.07) is 9.65. The van der Waals surface area contributed by atoms with E-state index >= 15 is 0 Å². The fraction of sp³-hybridized carbons (Fsp3) is 0. The number of carbonyl (C=O) groups excluding carboxylic acids is 2. The first-order chi connectivity index (χ1) is 11.9.